The third-order valence-electron chi connectivity index (χ3n) is 4.40. The maximum absolute atomic E-state index is 12.6. The number of hydrogen-bond donors (Lipinski definition) is 2. The monoisotopic (exact) mass is 426 g/mol. The number of amides is 1. The van der Waals surface area contributed by atoms with Crippen LogP contribution in [0.4, 0.5) is 16.5 Å². The van der Waals surface area contributed by atoms with E-state index in [2.05, 4.69) is 66.7 Å². The lowest BCUT2D eigenvalue weighted by atomic mass is 9.92. The minimum absolute atomic E-state index is 0.0298. The molecule has 0 aliphatic carbocycles. The molecule has 1 aromatic heterocycles. The number of benzene rings is 2. The van der Waals surface area contributed by atoms with Gasteiger partial charge in [-0.25, -0.2) is 0 Å². The third kappa shape index (κ3) is 5.81. The summed E-state index contributed by atoms with van der Waals surface area (Å²) in [6.45, 7) is 8.58. The maximum atomic E-state index is 12.6. The van der Waals surface area contributed by atoms with Crippen molar-refractivity contribution in [1.82, 2.24) is 10.2 Å². The fourth-order valence-corrected chi connectivity index (χ4v) is 4.53. The molecule has 5 nitrogen and oxygen atoms in total. The summed E-state index contributed by atoms with van der Waals surface area (Å²) in [6, 6.07) is 16.1. The van der Waals surface area contributed by atoms with Crippen LogP contribution in [0.5, 0.6) is 0 Å². The van der Waals surface area contributed by atoms with Crippen LogP contribution < -0.4 is 10.6 Å². The molecule has 2 aromatic carbocycles. The van der Waals surface area contributed by atoms with Gasteiger partial charge in [0, 0.05) is 11.4 Å². The Morgan fingerprint density at radius 3 is 2.24 bits per heavy atom. The van der Waals surface area contributed by atoms with Crippen LogP contribution in [0.3, 0.4) is 0 Å². The SMILES string of the molecule is CC(C)c1cccc(C(C)C)c1NC(=O)CSc1nnc(Nc2ccccc2)s1. The number of carbonyl (C=O) groups is 1. The predicted octanol–water partition coefficient (Wildman–Crippen LogP) is 6.26. The van der Waals surface area contributed by atoms with Crippen LogP contribution in [0, 0.1) is 0 Å². The molecule has 0 atom stereocenters. The summed E-state index contributed by atoms with van der Waals surface area (Å²) >= 11 is 2.84. The first-order valence-electron chi connectivity index (χ1n) is 9.65. The average molecular weight is 427 g/mol. The van der Waals surface area contributed by atoms with Crippen molar-refractivity contribution < 1.29 is 4.79 Å². The highest BCUT2D eigenvalue weighted by Crippen LogP contribution is 2.33. The molecule has 0 radical (unpaired) electrons. The molecule has 3 aromatic rings. The van der Waals surface area contributed by atoms with Gasteiger partial charge in [0.05, 0.1) is 5.75 Å². The van der Waals surface area contributed by atoms with Crippen molar-refractivity contribution in [3.05, 3.63) is 59.7 Å². The van der Waals surface area contributed by atoms with E-state index in [1.807, 2.05) is 30.3 Å². The first-order valence-corrected chi connectivity index (χ1v) is 11.4. The molecule has 0 bridgehead atoms. The first kappa shape index (κ1) is 21.3. The highest BCUT2D eigenvalue weighted by molar-refractivity contribution is 8.01. The van der Waals surface area contributed by atoms with Crippen LogP contribution in [-0.4, -0.2) is 21.9 Å². The molecule has 0 aliphatic heterocycles. The second-order valence-corrected chi connectivity index (χ2v) is 9.52. The van der Waals surface area contributed by atoms with Crippen LogP contribution in [0.25, 0.3) is 0 Å². The van der Waals surface area contributed by atoms with Crippen molar-refractivity contribution in [1.29, 1.82) is 0 Å². The van der Waals surface area contributed by atoms with Crippen molar-refractivity contribution >= 4 is 45.5 Å². The number of anilines is 3. The Kier molecular flexibility index (Phi) is 7.28. The van der Waals surface area contributed by atoms with Crippen molar-refractivity contribution in [2.75, 3.05) is 16.4 Å². The highest BCUT2D eigenvalue weighted by atomic mass is 32.2. The molecule has 1 heterocycles. The van der Waals surface area contributed by atoms with Crippen molar-refractivity contribution in [2.24, 2.45) is 0 Å². The van der Waals surface area contributed by atoms with E-state index in [1.165, 1.54) is 34.2 Å². The Hall–Kier alpha value is -2.38. The van der Waals surface area contributed by atoms with Gasteiger partial charge in [0.25, 0.3) is 0 Å². The number of hydrogen-bond acceptors (Lipinski definition) is 6. The van der Waals surface area contributed by atoms with Gasteiger partial charge in [0.1, 0.15) is 0 Å². The number of rotatable bonds is 8. The molecule has 7 heteroatoms. The second-order valence-electron chi connectivity index (χ2n) is 7.32. The van der Waals surface area contributed by atoms with Crippen molar-refractivity contribution in [3.63, 3.8) is 0 Å². The minimum atomic E-state index is -0.0298. The second kappa shape index (κ2) is 9.89. The van der Waals surface area contributed by atoms with E-state index in [9.17, 15) is 4.79 Å². The van der Waals surface area contributed by atoms with Crippen molar-refractivity contribution in [3.8, 4) is 0 Å². The van der Waals surface area contributed by atoms with Gasteiger partial charge in [0.15, 0.2) is 4.34 Å². The van der Waals surface area contributed by atoms with Gasteiger partial charge in [-0.1, -0.05) is 87.2 Å². The van der Waals surface area contributed by atoms with Gasteiger partial charge < -0.3 is 10.6 Å². The Morgan fingerprint density at radius 2 is 1.62 bits per heavy atom. The van der Waals surface area contributed by atoms with E-state index in [-0.39, 0.29) is 5.91 Å². The molecule has 152 valence electrons. The van der Waals surface area contributed by atoms with E-state index < -0.39 is 0 Å². The quantitative estimate of drug-likeness (QED) is 0.416. The van der Waals surface area contributed by atoms with E-state index in [4.69, 9.17) is 0 Å². The summed E-state index contributed by atoms with van der Waals surface area (Å²) < 4.78 is 0.764. The number of aromatic nitrogens is 2. The Bertz CT molecular complexity index is 928. The lowest BCUT2D eigenvalue weighted by molar-refractivity contribution is -0.113. The summed E-state index contributed by atoms with van der Waals surface area (Å²) in [5.41, 5.74) is 4.25. The number of nitrogens with zero attached hydrogens (tertiary/aromatic N) is 2. The molecular weight excluding hydrogens is 400 g/mol. The number of carbonyl (C=O) groups excluding carboxylic acids is 1. The summed E-state index contributed by atoms with van der Waals surface area (Å²) in [7, 11) is 0. The lowest BCUT2D eigenvalue weighted by Crippen LogP contribution is -2.17. The molecule has 0 saturated carbocycles. The molecule has 0 aliphatic rings. The Morgan fingerprint density at radius 1 is 0.966 bits per heavy atom. The first-order chi connectivity index (χ1) is 13.9. The molecule has 0 spiro atoms. The molecule has 0 saturated heterocycles. The van der Waals surface area contributed by atoms with Gasteiger partial charge in [0.2, 0.25) is 11.0 Å². The van der Waals surface area contributed by atoms with E-state index in [1.54, 1.807) is 0 Å². The van der Waals surface area contributed by atoms with E-state index in [0.29, 0.717) is 22.7 Å². The lowest BCUT2D eigenvalue weighted by Gasteiger charge is -2.20. The van der Waals surface area contributed by atoms with E-state index in [0.717, 1.165) is 15.7 Å². The van der Waals surface area contributed by atoms with Gasteiger partial charge in [-0.15, -0.1) is 10.2 Å². The fraction of sp³-hybridized carbons (Fsp3) is 0.318. The molecule has 29 heavy (non-hydrogen) atoms. The molecule has 0 fully saturated rings. The zero-order valence-electron chi connectivity index (χ0n) is 17.1. The predicted molar refractivity (Wildman–Crippen MR) is 124 cm³/mol. The normalized spacial score (nSPS) is 11.1. The zero-order chi connectivity index (χ0) is 20.8. The summed E-state index contributed by atoms with van der Waals surface area (Å²) in [5.74, 6) is 0.944. The standard InChI is InChI=1S/C22H26N4OS2/c1-14(2)17-11-8-12-18(15(3)4)20(17)24-19(27)13-28-22-26-25-21(29-22)23-16-9-6-5-7-10-16/h5-12,14-15H,13H2,1-4H3,(H,23,25)(H,24,27). The zero-order valence-corrected chi connectivity index (χ0v) is 18.7. The summed E-state index contributed by atoms with van der Waals surface area (Å²) in [4.78, 5) is 12.6. The summed E-state index contributed by atoms with van der Waals surface area (Å²) in [5, 5.41) is 15.4. The molecule has 2 N–H and O–H groups in total. The molecular formula is C22H26N4OS2. The fourth-order valence-electron chi connectivity index (χ4n) is 2.96. The highest BCUT2D eigenvalue weighted by Gasteiger charge is 2.16. The van der Waals surface area contributed by atoms with Crippen LogP contribution in [0.2, 0.25) is 0 Å². The Balaban J connectivity index is 1.62. The average Bonchev–Trinajstić information content (AvgIpc) is 3.14. The van der Waals surface area contributed by atoms with Gasteiger partial charge in [-0.2, -0.15) is 0 Å². The smallest absolute Gasteiger partial charge is 0.234 e. The van der Waals surface area contributed by atoms with Crippen LogP contribution in [0.15, 0.2) is 52.9 Å². The van der Waals surface area contributed by atoms with Crippen LogP contribution in [-0.2, 0) is 4.79 Å². The number of nitrogens with one attached hydrogen (secondary N) is 2. The Labute approximate surface area is 180 Å². The topological polar surface area (TPSA) is 66.9 Å². The van der Waals surface area contributed by atoms with Gasteiger partial charge in [-0.05, 0) is 35.1 Å². The largest absolute Gasteiger partial charge is 0.330 e. The number of para-hydroxylation sites is 2. The van der Waals surface area contributed by atoms with Gasteiger partial charge in [-0.3, -0.25) is 4.79 Å². The summed E-state index contributed by atoms with van der Waals surface area (Å²) in [6.07, 6.45) is 0. The van der Waals surface area contributed by atoms with E-state index >= 15 is 0 Å². The maximum Gasteiger partial charge on any atom is 0.234 e. The number of thioether (sulfide) groups is 1. The molecule has 1 amide bonds. The third-order valence-corrected chi connectivity index (χ3v) is 6.37. The molecule has 0 unspecified atom stereocenters. The van der Waals surface area contributed by atoms with Gasteiger partial charge >= 0.3 is 0 Å². The minimum Gasteiger partial charge on any atom is -0.330 e. The van der Waals surface area contributed by atoms with Crippen LogP contribution in [0.1, 0.15) is 50.7 Å². The molecule has 3 rings (SSSR count). The van der Waals surface area contributed by atoms with Crippen LogP contribution >= 0.6 is 23.1 Å². The van der Waals surface area contributed by atoms with Crippen molar-refractivity contribution in [2.45, 2.75) is 43.9 Å².